The Balaban J connectivity index is 1.57. The van der Waals surface area contributed by atoms with Crippen molar-refractivity contribution in [3.05, 3.63) is 45.9 Å². The smallest absolute Gasteiger partial charge is 0.253 e. The predicted octanol–water partition coefficient (Wildman–Crippen LogP) is 3.44. The number of benzene rings is 1. The standard InChI is InChI=1S/C19H23N3O2S2/c1-14-20-17(12-25-14)13-26-18-6-4-16(5-7-18)19(24)22-9-3-8-21(10-11-22)15(2)23/h4-7,12H,3,8-11,13H2,1-2H3. The molecule has 2 aromatic rings. The van der Waals surface area contributed by atoms with Crippen LogP contribution in [0.15, 0.2) is 34.5 Å². The van der Waals surface area contributed by atoms with Crippen LogP contribution < -0.4 is 0 Å². The normalized spacial score (nSPS) is 15.0. The summed E-state index contributed by atoms with van der Waals surface area (Å²) < 4.78 is 0. The second-order valence-electron chi connectivity index (χ2n) is 6.32. The second-order valence-corrected chi connectivity index (χ2v) is 8.43. The number of aromatic nitrogens is 1. The highest BCUT2D eigenvalue weighted by Crippen LogP contribution is 2.24. The Bertz CT molecular complexity index is 773. The van der Waals surface area contributed by atoms with E-state index in [2.05, 4.69) is 10.4 Å². The van der Waals surface area contributed by atoms with Gasteiger partial charge in [0.1, 0.15) is 0 Å². The molecule has 1 aromatic carbocycles. The molecule has 0 N–H and O–H groups in total. The summed E-state index contributed by atoms with van der Waals surface area (Å²) in [5, 5.41) is 3.17. The van der Waals surface area contributed by atoms with Crippen LogP contribution in [-0.4, -0.2) is 52.8 Å². The van der Waals surface area contributed by atoms with Crippen LogP contribution >= 0.6 is 23.1 Å². The Morgan fingerprint density at radius 3 is 2.46 bits per heavy atom. The van der Waals surface area contributed by atoms with Crippen LogP contribution in [-0.2, 0) is 10.5 Å². The van der Waals surface area contributed by atoms with E-state index in [0.717, 1.165) is 34.3 Å². The van der Waals surface area contributed by atoms with Gasteiger partial charge in [-0.1, -0.05) is 0 Å². The summed E-state index contributed by atoms with van der Waals surface area (Å²) in [6.45, 7) is 6.23. The van der Waals surface area contributed by atoms with E-state index in [1.165, 1.54) is 0 Å². The highest BCUT2D eigenvalue weighted by atomic mass is 32.2. The lowest BCUT2D eigenvalue weighted by Crippen LogP contribution is -2.36. The first-order chi connectivity index (χ1) is 12.5. The Morgan fingerprint density at radius 2 is 1.81 bits per heavy atom. The Kier molecular flexibility index (Phi) is 6.32. The molecule has 7 heteroatoms. The minimum Gasteiger partial charge on any atom is -0.341 e. The molecular formula is C19H23N3O2S2. The highest BCUT2D eigenvalue weighted by molar-refractivity contribution is 7.98. The summed E-state index contributed by atoms with van der Waals surface area (Å²) in [5.74, 6) is 0.961. The van der Waals surface area contributed by atoms with E-state index in [1.54, 1.807) is 30.0 Å². The van der Waals surface area contributed by atoms with Gasteiger partial charge in [-0.3, -0.25) is 9.59 Å². The molecular weight excluding hydrogens is 366 g/mol. The number of nitrogens with zero attached hydrogens (tertiary/aromatic N) is 3. The number of hydrogen-bond donors (Lipinski definition) is 0. The molecule has 138 valence electrons. The summed E-state index contributed by atoms with van der Waals surface area (Å²) in [6.07, 6.45) is 0.826. The minimum absolute atomic E-state index is 0.0436. The zero-order chi connectivity index (χ0) is 18.5. The van der Waals surface area contributed by atoms with Crippen molar-refractivity contribution in [1.29, 1.82) is 0 Å². The summed E-state index contributed by atoms with van der Waals surface area (Å²) in [6, 6.07) is 7.78. The van der Waals surface area contributed by atoms with Gasteiger partial charge in [-0.2, -0.15) is 0 Å². The van der Waals surface area contributed by atoms with Gasteiger partial charge in [-0.05, 0) is 37.6 Å². The van der Waals surface area contributed by atoms with Crippen molar-refractivity contribution in [2.45, 2.75) is 30.9 Å². The molecule has 1 aliphatic heterocycles. The van der Waals surface area contributed by atoms with E-state index in [0.29, 0.717) is 25.2 Å². The maximum absolute atomic E-state index is 12.7. The van der Waals surface area contributed by atoms with Crippen molar-refractivity contribution in [2.75, 3.05) is 26.2 Å². The van der Waals surface area contributed by atoms with Crippen LogP contribution in [0.3, 0.4) is 0 Å². The fraction of sp³-hybridized carbons (Fsp3) is 0.421. The number of amides is 2. The first-order valence-electron chi connectivity index (χ1n) is 8.71. The summed E-state index contributed by atoms with van der Waals surface area (Å²) in [4.78, 5) is 33.5. The van der Waals surface area contributed by atoms with Crippen molar-refractivity contribution < 1.29 is 9.59 Å². The molecule has 0 atom stereocenters. The molecule has 3 rings (SSSR count). The van der Waals surface area contributed by atoms with E-state index in [4.69, 9.17) is 0 Å². The molecule has 1 aromatic heterocycles. The SMILES string of the molecule is CC(=O)N1CCCN(C(=O)c2ccc(SCc3csc(C)n3)cc2)CC1. The monoisotopic (exact) mass is 389 g/mol. The zero-order valence-corrected chi connectivity index (χ0v) is 16.7. The van der Waals surface area contributed by atoms with E-state index >= 15 is 0 Å². The molecule has 2 amide bonds. The van der Waals surface area contributed by atoms with Crippen molar-refractivity contribution in [3.63, 3.8) is 0 Å². The first kappa shape index (κ1) is 18.9. The number of hydrogen-bond acceptors (Lipinski definition) is 5. The van der Waals surface area contributed by atoms with Crippen molar-refractivity contribution in [2.24, 2.45) is 0 Å². The molecule has 0 aliphatic carbocycles. The number of aryl methyl sites for hydroxylation is 1. The van der Waals surface area contributed by atoms with Crippen molar-refractivity contribution >= 4 is 34.9 Å². The summed E-state index contributed by atoms with van der Waals surface area (Å²) in [5.41, 5.74) is 1.80. The number of thiazole rings is 1. The average molecular weight is 390 g/mol. The molecule has 2 heterocycles. The highest BCUT2D eigenvalue weighted by Gasteiger charge is 2.21. The third-order valence-electron chi connectivity index (χ3n) is 4.38. The van der Waals surface area contributed by atoms with Gasteiger partial charge in [-0.15, -0.1) is 23.1 Å². The molecule has 0 unspecified atom stereocenters. The van der Waals surface area contributed by atoms with E-state index in [-0.39, 0.29) is 11.8 Å². The Labute approximate surface area is 162 Å². The third-order valence-corrected chi connectivity index (χ3v) is 6.25. The quantitative estimate of drug-likeness (QED) is 0.752. The van der Waals surface area contributed by atoms with Crippen LogP contribution in [0.5, 0.6) is 0 Å². The van der Waals surface area contributed by atoms with Gasteiger partial charge in [0.25, 0.3) is 5.91 Å². The summed E-state index contributed by atoms with van der Waals surface area (Å²) in [7, 11) is 0. The lowest BCUT2D eigenvalue weighted by molar-refractivity contribution is -0.128. The minimum atomic E-state index is 0.0436. The topological polar surface area (TPSA) is 53.5 Å². The van der Waals surface area contributed by atoms with E-state index in [9.17, 15) is 9.59 Å². The van der Waals surface area contributed by atoms with Crippen molar-refractivity contribution in [3.8, 4) is 0 Å². The molecule has 0 bridgehead atoms. The maximum atomic E-state index is 12.7. The number of thioether (sulfide) groups is 1. The van der Waals surface area contributed by atoms with Gasteiger partial charge in [0.15, 0.2) is 0 Å². The van der Waals surface area contributed by atoms with Crippen LogP contribution in [0.2, 0.25) is 0 Å². The van der Waals surface area contributed by atoms with Crippen LogP contribution in [0.25, 0.3) is 0 Å². The molecule has 1 aliphatic rings. The van der Waals surface area contributed by atoms with Gasteiger partial charge in [0.2, 0.25) is 5.91 Å². The van der Waals surface area contributed by atoms with Gasteiger partial charge in [0, 0.05) is 54.7 Å². The van der Waals surface area contributed by atoms with Crippen LogP contribution in [0, 0.1) is 6.92 Å². The second kappa shape index (κ2) is 8.68. The lowest BCUT2D eigenvalue weighted by atomic mass is 10.2. The molecule has 0 radical (unpaired) electrons. The van der Waals surface area contributed by atoms with Gasteiger partial charge in [0.05, 0.1) is 10.7 Å². The van der Waals surface area contributed by atoms with Crippen LogP contribution in [0.1, 0.15) is 34.4 Å². The Morgan fingerprint density at radius 1 is 1.12 bits per heavy atom. The van der Waals surface area contributed by atoms with Crippen molar-refractivity contribution in [1.82, 2.24) is 14.8 Å². The molecule has 1 fully saturated rings. The zero-order valence-electron chi connectivity index (χ0n) is 15.1. The largest absolute Gasteiger partial charge is 0.341 e. The lowest BCUT2D eigenvalue weighted by Gasteiger charge is -2.21. The number of carbonyl (C=O) groups is 2. The van der Waals surface area contributed by atoms with Gasteiger partial charge < -0.3 is 9.80 Å². The maximum Gasteiger partial charge on any atom is 0.253 e. The predicted molar refractivity (Wildman–Crippen MR) is 106 cm³/mol. The average Bonchev–Trinajstić information content (AvgIpc) is 2.90. The summed E-state index contributed by atoms with van der Waals surface area (Å²) >= 11 is 3.39. The molecule has 0 saturated carbocycles. The molecule has 26 heavy (non-hydrogen) atoms. The molecule has 0 spiro atoms. The fourth-order valence-corrected chi connectivity index (χ4v) is 4.45. The van der Waals surface area contributed by atoms with Gasteiger partial charge in [-0.25, -0.2) is 4.98 Å². The van der Waals surface area contributed by atoms with E-state index in [1.807, 2.05) is 41.0 Å². The third kappa shape index (κ3) is 4.86. The number of carbonyl (C=O) groups excluding carboxylic acids is 2. The number of rotatable bonds is 4. The molecule has 5 nitrogen and oxygen atoms in total. The van der Waals surface area contributed by atoms with E-state index < -0.39 is 0 Å². The fourth-order valence-electron chi connectivity index (χ4n) is 2.94. The molecule has 1 saturated heterocycles. The first-order valence-corrected chi connectivity index (χ1v) is 10.6. The van der Waals surface area contributed by atoms with Crippen LogP contribution in [0.4, 0.5) is 0 Å². The van der Waals surface area contributed by atoms with Gasteiger partial charge >= 0.3 is 0 Å². The Hall–Kier alpha value is -1.86.